The number of aryl methyl sites for hydroxylation is 2. The second-order valence-electron chi connectivity index (χ2n) is 3.94. The fraction of sp³-hybridized carbons (Fsp3) is 0.273. The molecule has 0 saturated heterocycles. The largest absolute Gasteiger partial charge is 0.354 e. The molecule has 2 rings (SSSR count). The summed E-state index contributed by atoms with van der Waals surface area (Å²) >= 11 is 0. The number of hydrogen-bond acceptors (Lipinski definition) is 4. The molecule has 2 amide bonds. The maximum Gasteiger partial charge on any atom is 0.274 e. The van der Waals surface area contributed by atoms with Crippen LogP contribution >= 0.6 is 0 Å². The SMILES string of the molecule is CNC(=O)c1nn(C)cc1NC(=O)c1ccnn1C. The van der Waals surface area contributed by atoms with Crippen LogP contribution in [0, 0.1) is 0 Å². The molecule has 0 fully saturated rings. The van der Waals surface area contributed by atoms with Gasteiger partial charge in [0.1, 0.15) is 5.69 Å². The number of hydrogen-bond donors (Lipinski definition) is 2. The van der Waals surface area contributed by atoms with Crippen LogP contribution in [0.3, 0.4) is 0 Å². The van der Waals surface area contributed by atoms with Crippen molar-refractivity contribution in [1.82, 2.24) is 24.9 Å². The third kappa shape index (κ3) is 2.46. The van der Waals surface area contributed by atoms with E-state index in [0.717, 1.165) is 0 Å². The average molecular weight is 262 g/mol. The van der Waals surface area contributed by atoms with Crippen molar-refractivity contribution in [2.24, 2.45) is 14.1 Å². The topological polar surface area (TPSA) is 93.8 Å². The first kappa shape index (κ1) is 12.8. The first-order valence-corrected chi connectivity index (χ1v) is 5.58. The molecule has 0 unspecified atom stereocenters. The Bertz CT molecular complexity index is 627. The molecular weight excluding hydrogens is 248 g/mol. The summed E-state index contributed by atoms with van der Waals surface area (Å²) in [5.41, 5.74) is 0.917. The van der Waals surface area contributed by atoms with Gasteiger partial charge in [-0.25, -0.2) is 0 Å². The molecular formula is C11H14N6O2. The van der Waals surface area contributed by atoms with Crippen molar-refractivity contribution in [3.05, 3.63) is 29.8 Å². The summed E-state index contributed by atoms with van der Waals surface area (Å²) in [6.45, 7) is 0. The minimum Gasteiger partial charge on any atom is -0.354 e. The van der Waals surface area contributed by atoms with E-state index in [1.165, 1.54) is 22.6 Å². The summed E-state index contributed by atoms with van der Waals surface area (Å²) in [6, 6.07) is 1.59. The zero-order valence-electron chi connectivity index (χ0n) is 10.8. The minimum atomic E-state index is -0.360. The number of amides is 2. The number of carbonyl (C=O) groups excluding carboxylic acids is 2. The Balaban J connectivity index is 2.27. The van der Waals surface area contributed by atoms with Gasteiger partial charge >= 0.3 is 0 Å². The van der Waals surface area contributed by atoms with Crippen molar-refractivity contribution in [2.75, 3.05) is 12.4 Å². The molecule has 2 N–H and O–H groups in total. The molecule has 2 aromatic rings. The molecule has 8 nitrogen and oxygen atoms in total. The lowest BCUT2D eigenvalue weighted by Crippen LogP contribution is -2.22. The van der Waals surface area contributed by atoms with Crippen molar-refractivity contribution < 1.29 is 9.59 Å². The molecule has 0 spiro atoms. The maximum absolute atomic E-state index is 12.0. The molecule has 0 aliphatic rings. The fourth-order valence-electron chi connectivity index (χ4n) is 1.65. The van der Waals surface area contributed by atoms with E-state index in [-0.39, 0.29) is 17.5 Å². The molecule has 2 heterocycles. The maximum atomic E-state index is 12.0. The van der Waals surface area contributed by atoms with E-state index < -0.39 is 0 Å². The van der Waals surface area contributed by atoms with Crippen LogP contribution in [0.5, 0.6) is 0 Å². The van der Waals surface area contributed by atoms with Gasteiger partial charge in [-0.1, -0.05) is 0 Å². The quantitative estimate of drug-likeness (QED) is 0.798. The number of nitrogens with zero attached hydrogens (tertiary/aromatic N) is 4. The van der Waals surface area contributed by atoms with Gasteiger partial charge in [0, 0.05) is 33.5 Å². The summed E-state index contributed by atoms with van der Waals surface area (Å²) < 4.78 is 2.91. The Morgan fingerprint density at radius 3 is 2.58 bits per heavy atom. The van der Waals surface area contributed by atoms with Gasteiger partial charge in [0.25, 0.3) is 11.8 Å². The normalized spacial score (nSPS) is 10.3. The number of carbonyl (C=O) groups is 2. The van der Waals surface area contributed by atoms with E-state index >= 15 is 0 Å². The lowest BCUT2D eigenvalue weighted by Gasteiger charge is -2.04. The van der Waals surface area contributed by atoms with E-state index in [0.29, 0.717) is 11.4 Å². The molecule has 0 aliphatic heterocycles. The van der Waals surface area contributed by atoms with Gasteiger partial charge in [0.05, 0.1) is 5.69 Å². The van der Waals surface area contributed by atoms with E-state index in [1.807, 2.05) is 0 Å². The van der Waals surface area contributed by atoms with Crippen LogP contribution in [0.1, 0.15) is 21.0 Å². The first-order valence-electron chi connectivity index (χ1n) is 5.58. The number of anilines is 1. The Morgan fingerprint density at radius 1 is 1.26 bits per heavy atom. The Hall–Kier alpha value is -2.64. The fourth-order valence-corrected chi connectivity index (χ4v) is 1.65. The van der Waals surface area contributed by atoms with Crippen LogP contribution in [0.15, 0.2) is 18.5 Å². The molecule has 0 radical (unpaired) electrons. The Kier molecular flexibility index (Phi) is 3.32. The van der Waals surface area contributed by atoms with Gasteiger partial charge in [-0.3, -0.25) is 19.0 Å². The predicted octanol–water partition coefficient (Wildman–Crippen LogP) is -0.235. The summed E-state index contributed by atoms with van der Waals surface area (Å²) in [4.78, 5) is 23.7. The average Bonchev–Trinajstić information content (AvgIpc) is 2.94. The number of rotatable bonds is 3. The van der Waals surface area contributed by atoms with Crippen LogP contribution < -0.4 is 10.6 Å². The highest BCUT2D eigenvalue weighted by Crippen LogP contribution is 2.14. The van der Waals surface area contributed by atoms with Crippen LogP contribution in [0.25, 0.3) is 0 Å². The highest BCUT2D eigenvalue weighted by atomic mass is 16.2. The van der Waals surface area contributed by atoms with Crippen molar-refractivity contribution in [3.63, 3.8) is 0 Å². The van der Waals surface area contributed by atoms with Crippen molar-refractivity contribution in [2.45, 2.75) is 0 Å². The van der Waals surface area contributed by atoms with Gasteiger partial charge in [-0.15, -0.1) is 0 Å². The molecule has 0 saturated carbocycles. The third-order valence-electron chi connectivity index (χ3n) is 2.57. The summed E-state index contributed by atoms with van der Waals surface area (Å²) in [6.07, 6.45) is 3.09. The molecule has 19 heavy (non-hydrogen) atoms. The van der Waals surface area contributed by atoms with Gasteiger partial charge in [0.2, 0.25) is 0 Å². The predicted molar refractivity (Wildman–Crippen MR) is 67.8 cm³/mol. The Morgan fingerprint density at radius 2 is 2.00 bits per heavy atom. The van der Waals surface area contributed by atoms with Gasteiger partial charge in [-0.05, 0) is 6.07 Å². The Labute approximate surface area is 109 Å². The lowest BCUT2D eigenvalue weighted by molar-refractivity contribution is 0.0958. The van der Waals surface area contributed by atoms with Crippen LogP contribution in [0.2, 0.25) is 0 Å². The second-order valence-corrected chi connectivity index (χ2v) is 3.94. The number of aromatic nitrogens is 4. The standard InChI is InChI=1S/C11H14N6O2/c1-12-11(19)9-7(6-16(2)15-9)14-10(18)8-4-5-13-17(8)3/h4-6H,1-3H3,(H,12,19)(H,14,18). The van der Waals surface area contributed by atoms with Crippen molar-refractivity contribution >= 4 is 17.5 Å². The van der Waals surface area contributed by atoms with E-state index in [9.17, 15) is 9.59 Å². The first-order chi connectivity index (χ1) is 9.02. The van der Waals surface area contributed by atoms with E-state index in [4.69, 9.17) is 0 Å². The minimum absolute atomic E-state index is 0.167. The summed E-state index contributed by atoms with van der Waals surface area (Å²) in [5.74, 6) is -0.709. The highest BCUT2D eigenvalue weighted by molar-refractivity contribution is 6.07. The van der Waals surface area contributed by atoms with Gasteiger partial charge < -0.3 is 10.6 Å². The molecule has 0 atom stereocenters. The van der Waals surface area contributed by atoms with Crippen molar-refractivity contribution in [3.8, 4) is 0 Å². The van der Waals surface area contributed by atoms with Gasteiger partial charge in [0.15, 0.2) is 5.69 Å². The summed E-state index contributed by atoms with van der Waals surface area (Å²) in [5, 5.41) is 13.0. The van der Waals surface area contributed by atoms with Crippen LogP contribution in [-0.2, 0) is 14.1 Å². The zero-order valence-corrected chi connectivity index (χ0v) is 10.8. The van der Waals surface area contributed by atoms with Crippen molar-refractivity contribution in [1.29, 1.82) is 0 Å². The highest BCUT2D eigenvalue weighted by Gasteiger charge is 2.18. The molecule has 8 heteroatoms. The monoisotopic (exact) mass is 262 g/mol. The number of nitrogens with one attached hydrogen (secondary N) is 2. The zero-order chi connectivity index (χ0) is 14.0. The molecule has 0 bridgehead atoms. The lowest BCUT2D eigenvalue weighted by atomic mass is 10.3. The van der Waals surface area contributed by atoms with Crippen LogP contribution in [0.4, 0.5) is 5.69 Å². The van der Waals surface area contributed by atoms with E-state index in [1.54, 1.807) is 26.4 Å². The molecule has 0 aromatic carbocycles. The molecule has 2 aromatic heterocycles. The second kappa shape index (κ2) is 4.92. The third-order valence-corrected chi connectivity index (χ3v) is 2.57. The molecule has 100 valence electrons. The van der Waals surface area contributed by atoms with E-state index in [2.05, 4.69) is 20.8 Å². The molecule has 0 aliphatic carbocycles. The summed E-state index contributed by atoms with van der Waals surface area (Å²) in [7, 11) is 4.84. The smallest absolute Gasteiger partial charge is 0.274 e. The van der Waals surface area contributed by atoms with Crippen LogP contribution in [-0.4, -0.2) is 38.4 Å². The van der Waals surface area contributed by atoms with Gasteiger partial charge in [-0.2, -0.15) is 10.2 Å².